The van der Waals surface area contributed by atoms with E-state index in [9.17, 15) is 9.59 Å². The molecule has 0 radical (unpaired) electrons. The molecule has 1 fully saturated rings. The van der Waals surface area contributed by atoms with Crippen LogP contribution in [0.25, 0.3) is 0 Å². The number of hydrogen-bond acceptors (Lipinski definition) is 5. The number of carbonyl (C=O) groups excluding carboxylic acids is 2. The lowest BCUT2D eigenvalue weighted by Crippen LogP contribution is -2.34. The summed E-state index contributed by atoms with van der Waals surface area (Å²) < 4.78 is 16.8. The van der Waals surface area contributed by atoms with Gasteiger partial charge in [0.05, 0.1) is 11.6 Å². The van der Waals surface area contributed by atoms with Crippen LogP contribution in [0.15, 0.2) is 36.4 Å². The number of likely N-dealkylation sites (tertiary alicyclic amines) is 1. The first-order valence-electron chi connectivity index (χ1n) is 9.44. The molecule has 1 saturated heterocycles. The molecule has 2 aromatic rings. The Morgan fingerprint density at radius 2 is 1.93 bits per heavy atom. The second kappa shape index (κ2) is 8.21. The maximum absolute atomic E-state index is 12.8. The van der Waals surface area contributed by atoms with Gasteiger partial charge in [0.15, 0.2) is 18.1 Å². The van der Waals surface area contributed by atoms with Crippen molar-refractivity contribution in [3.63, 3.8) is 0 Å². The van der Waals surface area contributed by atoms with Crippen molar-refractivity contribution in [1.29, 1.82) is 0 Å². The van der Waals surface area contributed by atoms with Crippen molar-refractivity contribution < 1.29 is 23.8 Å². The first-order chi connectivity index (χ1) is 14.0. The van der Waals surface area contributed by atoms with Gasteiger partial charge in [-0.1, -0.05) is 17.7 Å². The largest absolute Gasteiger partial charge is 0.486 e. The maximum atomic E-state index is 12.8. The minimum Gasteiger partial charge on any atom is -0.486 e. The highest BCUT2D eigenvalue weighted by Crippen LogP contribution is 2.38. The topological polar surface area (TPSA) is 91.1 Å². The molecule has 0 spiro atoms. The van der Waals surface area contributed by atoms with Gasteiger partial charge in [0.1, 0.15) is 19.0 Å². The van der Waals surface area contributed by atoms with E-state index < -0.39 is 5.91 Å². The number of rotatable bonds is 5. The molecule has 2 aliphatic rings. The van der Waals surface area contributed by atoms with Gasteiger partial charge in [-0.15, -0.1) is 0 Å². The zero-order valence-corrected chi connectivity index (χ0v) is 16.5. The maximum Gasteiger partial charge on any atom is 0.261 e. The number of amides is 2. The number of ether oxygens (including phenoxy) is 3. The van der Waals surface area contributed by atoms with Gasteiger partial charge in [0.2, 0.25) is 0 Å². The van der Waals surface area contributed by atoms with Crippen molar-refractivity contribution in [2.24, 2.45) is 5.73 Å². The van der Waals surface area contributed by atoms with Gasteiger partial charge in [-0.25, -0.2) is 0 Å². The molecule has 2 N–H and O–H groups in total. The molecule has 1 atom stereocenters. The average molecular weight is 417 g/mol. The van der Waals surface area contributed by atoms with Crippen molar-refractivity contribution in [2.45, 2.75) is 18.9 Å². The number of hydrogen-bond donors (Lipinski definition) is 1. The SMILES string of the molecule is NC(=O)c1cc(Cl)ccc1OCC(=O)N1CCC[C@H]1c1ccc2c(c1)OCCO2. The third-order valence-electron chi connectivity index (χ3n) is 5.08. The van der Waals surface area contributed by atoms with E-state index in [-0.39, 0.29) is 29.9 Å². The molecule has 7 nitrogen and oxygen atoms in total. The fraction of sp³-hybridized carbons (Fsp3) is 0.333. The summed E-state index contributed by atoms with van der Waals surface area (Å²) in [5.41, 5.74) is 6.52. The number of primary amides is 1. The van der Waals surface area contributed by atoms with Gasteiger partial charge < -0.3 is 24.8 Å². The molecular formula is C21H21ClN2O5. The Hall–Kier alpha value is -2.93. The third-order valence-corrected chi connectivity index (χ3v) is 5.32. The van der Waals surface area contributed by atoms with Crippen molar-refractivity contribution in [3.05, 3.63) is 52.5 Å². The zero-order valence-electron chi connectivity index (χ0n) is 15.7. The number of nitrogens with zero attached hydrogens (tertiary/aromatic N) is 1. The molecule has 152 valence electrons. The van der Waals surface area contributed by atoms with E-state index >= 15 is 0 Å². The Bertz CT molecular complexity index is 949. The molecule has 2 aromatic carbocycles. The van der Waals surface area contributed by atoms with E-state index in [4.69, 9.17) is 31.5 Å². The van der Waals surface area contributed by atoms with Gasteiger partial charge in [-0.3, -0.25) is 9.59 Å². The Kier molecular flexibility index (Phi) is 5.49. The van der Waals surface area contributed by atoms with E-state index in [1.165, 1.54) is 12.1 Å². The van der Waals surface area contributed by atoms with Crippen molar-refractivity contribution in [2.75, 3.05) is 26.4 Å². The fourth-order valence-electron chi connectivity index (χ4n) is 3.72. The molecule has 29 heavy (non-hydrogen) atoms. The molecule has 0 bridgehead atoms. The summed E-state index contributed by atoms with van der Waals surface area (Å²) in [5, 5.41) is 0.371. The van der Waals surface area contributed by atoms with Gasteiger partial charge in [-0.05, 0) is 48.7 Å². The van der Waals surface area contributed by atoms with Crippen LogP contribution in [0.1, 0.15) is 34.8 Å². The number of benzene rings is 2. The van der Waals surface area contributed by atoms with E-state index in [1.54, 1.807) is 11.0 Å². The van der Waals surface area contributed by atoms with Crippen molar-refractivity contribution >= 4 is 23.4 Å². The molecule has 8 heteroatoms. The lowest BCUT2D eigenvalue weighted by Gasteiger charge is -2.27. The highest BCUT2D eigenvalue weighted by atomic mass is 35.5. The third kappa shape index (κ3) is 4.10. The molecular weight excluding hydrogens is 396 g/mol. The van der Waals surface area contributed by atoms with Crippen LogP contribution >= 0.6 is 11.6 Å². The van der Waals surface area contributed by atoms with Crippen LogP contribution in [0.5, 0.6) is 17.2 Å². The first-order valence-corrected chi connectivity index (χ1v) is 9.82. The first kappa shape index (κ1) is 19.4. The Morgan fingerprint density at radius 1 is 1.14 bits per heavy atom. The molecule has 0 saturated carbocycles. The summed E-state index contributed by atoms with van der Waals surface area (Å²) in [6.07, 6.45) is 1.76. The molecule has 2 aliphatic heterocycles. The number of halogens is 1. The van der Waals surface area contributed by atoms with E-state index in [0.717, 1.165) is 24.2 Å². The van der Waals surface area contributed by atoms with Crippen LogP contribution in [0.4, 0.5) is 0 Å². The number of carbonyl (C=O) groups is 2. The lowest BCUT2D eigenvalue weighted by molar-refractivity contribution is -0.134. The second-order valence-electron chi connectivity index (χ2n) is 6.94. The van der Waals surface area contributed by atoms with E-state index in [0.29, 0.717) is 30.5 Å². The Morgan fingerprint density at radius 3 is 2.72 bits per heavy atom. The Balaban J connectivity index is 1.47. The highest BCUT2D eigenvalue weighted by molar-refractivity contribution is 6.31. The zero-order chi connectivity index (χ0) is 20.4. The van der Waals surface area contributed by atoms with Gasteiger partial charge in [0, 0.05) is 11.6 Å². The molecule has 2 amide bonds. The molecule has 0 unspecified atom stereocenters. The van der Waals surface area contributed by atoms with Crippen LogP contribution < -0.4 is 19.9 Å². The monoisotopic (exact) mass is 416 g/mol. The fourth-order valence-corrected chi connectivity index (χ4v) is 3.89. The number of fused-ring (bicyclic) bond motifs is 1. The molecule has 4 rings (SSSR count). The Labute approximate surface area is 173 Å². The highest BCUT2D eigenvalue weighted by Gasteiger charge is 2.31. The summed E-state index contributed by atoms with van der Waals surface area (Å²) in [6, 6.07) is 10.3. The minimum atomic E-state index is -0.662. The molecule has 0 aromatic heterocycles. The van der Waals surface area contributed by atoms with E-state index in [1.807, 2.05) is 18.2 Å². The van der Waals surface area contributed by atoms with Gasteiger partial charge in [-0.2, -0.15) is 0 Å². The van der Waals surface area contributed by atoms with Crippen LogP contribution in [0, 0.1) is 0 Å². The summed E-state index contributed by atoms with van der Waals surface area (Å²) in [6.45, 7) is 1.50. The van der Waals surface area contributed by atoms with Crippen LogP contribution in [-0.2, 0) is 4.79 Å². The normalized spacial score (nSPS) is 17.8. The predicted octanol–water partition coefficient (Wildman–Crippen LogP) is 2.95. The van der Waals surface area contributed by atoms with Gasteiger partial charge >= 0.3 is 0 Å². The number of nitrogens with two attached hydrogens (primary N) is 1. The molecule has 2 heterocycles. The van der Waals surface area contributed by atoms with E-state index in [2.05, 4.69) is 0 Å². The standard InChI is InChI=1S/C21H21ClN2O5/c22-14-4-6-17(15(11-14)21(23)26)29-12-20(25)24-7-1-2-16(24)13-3-5-18-19(10-13)28-9-8-27-18/h3-6,10-11,16H,1-2,7-9,12H2,(H2,23,26)/t16-/m0/s1. The minimum absolute atomic E-state index is 0.0530. The average Bonchev–Trinajstić information content (AvgIpc) is 3.22. The second-order valence-corrected chi connectivity index (χ2v) is 7.38. The summed E-state index contributed by atoms with van der Waals surface area (Å²) in [7, 11) is 0. The van der Waals surface area contributed by atoms with Crippen LogP contribution in [-0.4, -0.2) is 43.1 Å². The van der Waals surface area contributed by atoms with Crippen LogP contribution in [0.2, 0.25) is 5.02 Å². The molecule has 0 aliphatic carbocycles. The smallest absolute Gasteiger partial charge is 0.261 e. The summed E-state index contributed by atoms with van der Waals surface area (Å²) >= 11 is 5.91. The lowest BCUT2D eigenvalue weighted by atomic mass is 10.0. The van der Waals surface area contributed by atoms with Crippen molar-refractivity contribution in [3.8, 4) is 17.2 Å². The van der Waals surface area contributed by atoms with Gasteiger partial charge in [0.25, 0.3) is 11.8 Å². The predicted molar refractivity (Wildman–Crippen MR) is 107 cm³/mol. The van der Waals surface area contributed by atoms with Crippen LogP contribution in [0.3, 0.4) is 0 Å². The summed E-state index contributed by atoms with van der Waals surface area (Å²) in [4.78, 5) is 26.2. The summed E-state index contributed by atoms with van der Waals surface area (Å²) in [5.74, 6) is 0.848. The van der Waals surface area contributed by atoms with Crippen molar-refractivity contribution in [1.82, 2.24) is 4.90 Å². The quantitative estimate of drug-likeness (QED) is 0.809.